The van der Waals surface area contributed by atoms with Gasteiger partial charge in [-0.3, -0.25) is 9.97 Å². The van der Waals surface area contributed by atoms with Gasteiger partial charge in [0, 0.05) is 28.7 Å². The van der Waals surface area contributed by atoms with Gasteiger partial charge in [0.2, 0.25) is 0 Å². The fourth-order valence-corrected chi connectivity index (χ4v) is 1.98. The van der Waals surface area contributed by atoms with Crippen LogP contribution in [0.15, 0.2) is 24.5 Å². The zero-order valence-electron chi connectivity index (χ0n) is 11.9. The van der Waals surface area contributed by atoms with Crippen LogP contribution in [0.4, 0.5) is 0 Å². The third kappa shape index (κ3) is 2.61. The average molecular weight is 272 g/mol. The minimum atomic E-state index is -0.427. The Morgan fingerprint density at radius 2 is 1.60 bits per heavy atom. The Labute approximate surface area is 117 Å². The molecule has 2 heterocycles. The van der Waals surface area contributed by atoms with Crippen molar-refractivity contribution in [2.24, 2.45) is 0 Å². The predicted molar refractivity (Wildman–Crippen MR) is 74.8 cm³/mol. The number of ether oxygens (including phenoxy) is 2. The maximum Gasteiger partial charge on any atom is 0.340 e. The van der Waals surface area contributed by atoms with Crippen LogP contribution in [0.3, 0.4) is 0 Å². The molecule has 0 aromatic carbocycles. The van der Waals surface area contributed by atoms with Gasteiger partial charge in [-0.05, 0) is 26.0 Å². The van der Waals surface area contributed by atoms with Crippen LogP contribution in [0.5, 0.6) is 5.75 Å². The SMILES string of the molecule is COC(=O)c1cnc(C)cc1-c1cc(C)ncc1OC. The molecule has 0 aliphatic rings. The highest BCUT2D eigenvalue weighted by Crippen LogP contribution is 2.32. The lowest BCUT2D eigenvalue weighted by atomic mass is 10.00. The van der Waals surface area contributed by atoms with E-state index in [0.29, 0.717) is 11.3 Å². The van der Waals surface area contributed by atoms with Gasteiger partial charge in [0.1, 0.15) is 5.75 Å². The average Bonchev–Trinajstić information content (AvgIpc) is 2.46. The first-order chi connectivity index (χ1) is 9.56. The first kappa shape index (κ1) is 14.0. The fourth-order valence-electron chi connectivity index (χ4n) is 1.98. The van der Waals surface area contributed by atoms with E-state index < -0.39 is 5.97 Å². The molecule has 5 heteroatoms. The highest BCUT2D eigenvalue weighted by atomic mass is 16.5. The van der Waals surface area contributed by atoms with Crippen molar-refractivity contribution in [1.29, 1.82) is 0 Å². The summed E-state index contributed by atoms with van der Waals surface area (Å²) in [6.07, 6.45) is 3.16. The summed E-state index contributed by atoms with van der Waals surface area (Å²) in [5.41, 5.74) is 3.58. The van der Waals surface area contributed by atoms with E-state index in [4.69, 9.17) is 9.47 Å². The number of aromatic nitrogens is 2. The summed E-state index contributed by atoms with van der Waals surface area (Å²) in [7, 11) is 2.92. The van der Waals surface area contributed by atoms with Crippen molar-refractivity contribution in [1.82, 2.24) is 9.97 Å². The first-order valence-electron chi connectivity index (χ1n) is 6.12. The molecule has 0 aliphatic heterocycles. The van der Waals surface area contributed by atoms with Crippen LogP contribution in [0.25, 0.3) is 11.1 Å². The number of hydrogen-bond donors (Lipinski definition) is 0. The Hall–Kier alpha value is -2.43. The van der Waals surface area contributed by atoms with Gasteiger partial charge in [-0.1, -0.05) is 0 Å². The molecule has 0 unspecified atom stereocenters. The van der Waals surface area contributed by atoms with E-state index in [1.807, 2.05) is 26.0 Å². The number of rotatable bonds is 3. The van der Waals surface area contributed by atoms with Gasteiger partial charge in [0.25, 0.3) is 0 Å². The summed E-state index contributed by atoms with van der Waals surface area (Å²) in [4.78, 5) is 20.2. The molecule has 20 heavy (non-hydrogen) atoms. The number of hydrogen-bond acceptors (Lipinski definition) is 5. The number of carbonyl (C=O) groups excluding carboxylic acids is 1. The zero-order chi connectivity index (χ0) is 14.7. The molecule has 0 aliphatic carbocycles. The van der Waals surface area contributed by atoms with Crippen LogP contribution < -0.4 is 4.74 Å². The molecule has 0 radical (unpaired) electrons. The van der Waals surface area contributed by atoms with Gasteiger partial charge in [0.05, 0.1) is 26.0 Å². The summed E-state index contributed by atoms with van der Waals surface area (Å²) in [5, 5.41) is 0. The normalized spacial score (nSPS) is 10.2. The number of pyridine rings is 2. The minimum absolute atomic E-state index is 0.405. The second kappa shape index (κ2) is 5.69. The summed E-state index contributed by atoms with van der Waals surface area (Å²) < 4.78 is 10.1. The molecule has 104 valence electrons. The Kier molecular flexibility index (Phi) is 3.98. The quantitative estimate of drug-likeness (QED) is 0.803. The topological polar surface area (TPSA) is 61.3 Å². The van der Waals surface area contributed by atoms with Crippen LogP contribution in [-0.2, 0) is 4.74 Å². The van der Waals surface area contributed by atoms with Crippen LogP contribution in [-0.4, -0.2) is 30.2 Å². The van der Waals surface area contributed by atoms with E-state index in [9.17, 15) is 4.79 Å². The molecule has 0 bridgehead atoms. The minimum Gasteiger partial charge on any atom is -0.494 e. The largest absolute Gasteiger partial charge is 0.494 e. The standard InChI is InChI=1S/C15H16N2O3/c1-9-5-11(13(7-16-9)15(18)20-4)12-6-10(2)17-8-14(12)19-3/h5-8H,1-4H3. The number of methoxy groups -OCH3 is 2. The van der Waals surface area contributed by atoms with Crippen molar-refractivity contribution in [2.45, 2.75) is 13.8 Å². The molecule has 0 amide bonds. The van der Waals surface area contributed by atoms with Crippen LogP contribution >= 0.6 is 0 Å². The van der Waals surface area contributed by atoms with E-state index in [0.717, 1.165) is 22.5 Å². The molecule has 0 atom stereocenters. The first-order valence-corrected chi connectivity index (χ1v) is 6.12. The second-order valence-electron chi connectivity index (χ2n) is 4.39. The van der Waals surface area contributed by atoms with Gasteiger partial charge in [-0.25, -0.2) is 4.79 Å². The number of esters is 1. The Bertz CT molecular complexity index is 654. The van der Waals surface area contributed by atoms with Gasteiger partial charge in [-0.15, -0.1) is 0 Å². The van der Waals surface area contributed by atoms with Crippen molar-refractivity contribution in [2.75, 3.05) is 14.2 Å². The van der Waals surface area contributed by atoms with Gasteiger partial charge in [-0.2, -0.15) is 0 Å². The lowest BCUT2D eigenvalue weighted by Crippen LogP contribution is -2.06. The van der Waals surface area contributed by atoms with Crippen LogP contribution in [0.1, 0.15) is 21.7 Å². The smallest absolute Gasteiger partial charge is 0.340 e. The van der Waals surface area contributed by atoms with Crippen molar-refractivity contribution in [3.8, 4) is 16.9 Å². The van der Waals surface area contributed by atoms with Crippen molar-refractivity contribution in [3.05, 3.63) is 41.5 Å². The van der Waals surface area contributed by atoms with E-state index in [-0.39, 0.29) is 0 Å². The summed E-state index contributed by atoms with van der Waals surface area (Å²) >= 11 is 0. The van der Waals surface area contributed by atoms with Gasteiger partial charge in [0.15, 0.2) is 0 Å². The second-order valence-corrected chi connectivity index (χ2v) is 4.39. The monoisotopic (exact) mass is 272 g/mol. The Balaban J connectivity index is 2.71. The lowest BCUT2D eigenvalue weighted by Gasteiger charge is -2.12. The molecule has 0 saturated heterocycles. The van der Waals surface area contributed by atoms with E-state index in [1.54, 1.807) is 13.3 Å². The van der Waals surface area contributed by atoms with Gasteiger partial charge < -0.3 is 9.47 Å². The molecule has 5 nitrogen and oxygen atoms in total. The predicted octanol–water partition coefficient (Wildman–Crippen LogP) is 2.56. The number of nitrogens with zero attached hydrogens (tertiary/aromatic N) is 2. The number of aryl methyl sites for hydroxylation is 2. The molecule has 0 N–H and O–H groups in total. The Morgan fingerprint density at radius 1 is 1.00 bits per heavy atom. The van der Waals surface area contributed by atoms with E-state index in [2.05, 4.69) is 9.97 Å². The number of carbonyl (C=O) groups is 1. The van der Waals surface area contributed by atoms with Crippen molar-refractivity contribution in [3.63, 3.8) is 0 Å². The highest BCUT2D eigenvalue weighted by Gasteiger charge is 2.17. The molecule has 2 aromatic rings. The summed E-state index contributed by atoms with van der Waals surface area (Å²) in [6, 6.07) is 3.71. The maximum absolute atomic E-state index is 11.9. The molecule has 2 aromatic heterocycles. The molecule has 2 rings (SSSR count). The zero-order valence-corrected chi connectivity index (χ0v) is 11.9. The fraction of sp³-hybridized carbons (Fsp3) is 0.267. The molecule has 0 saturated carbocycles. The van der Waals surface area contributed by atoms with Gasteiger partial charge >= 0.3 is 5.97 Å². The highest BCUT2D eigenvalue weighted by molar-refractivity contribution is 5.97. The molecular formula is C15H16N2O3. The van der Waals surface area contributed by atoms with E-state index >= 15 is 0 Å². The summed E-state index contributed by atoms with van der Waals surface area (Å²) in [6.45, 7) is 3.75. The third-order valence-electron chi connectivity index (χ3n) is 2.96. The van der Waals surface area contributed by atoms with Crippen molar-refractivity contribution < 1.29 is 14.3 Å². The summed E-state index contributed by atoms with van der Waals surface area (Å²) in [5.74, 6) is 0.176. The third-order valence-corrected chi connectivity index (χ3v) is 2.96. The molecular weight excluding hydrogens is 256 g/mol. The van der Waals surface area contributed by atoms with E-state index in [1.165, 1.54) is 13.3 Å². The van der Waals surface area contributed by atoms with Crippen LogP contribution in [0, 0.1) is 13.8 Å². The maximum atomic E-state index is 11.9. The molecule has 0 spiro atoms. The lowest BCUT2D eigenvalue weighted by molar-refractivity contribution is 0.0601. The molecule has 0 fully saturated rings. The Morgan fingerprint density at radius 3 is 2.20 bits per heavy atom. The van der Waals surface area contributed by atoms with Crippen molar-refractivity contribution >= 4 is 5.97 Å². The van der Waals surface area contributed by atoms with Crippen LogP contribution in [0.2, 0.25) is 0 Å².